The number of methoxy groups -OCH3 is 2. The first-order valence-electron chi connectivity index (χ1n) is 4.05. The van der Waals surface area contributed by atoms with Crippen LogP contribution in [0.3, 0.4) is 0 Å². The standard InChI is InChI=1S/C9H14O5/c1-6(9(12)14-3)7(10)4-5-8(11)13-2/h4-7,10H,1-3H3/b5-4+/t6-,7-/m0/s1. The average molecular weight is 202 g/mol. The molecule has 0 aliphatic rings. The van der Waals surface area contributed by atoms with E-state index in [1.807, 2.05) is 0 Å². The van der Waals surface area contributed by atoms with E-state index in [0.717, 1.165) is 6.08 Å². The second-order valence-corrected chi connectivity index (χ2v) is 2.68. The lowest BCUT2D eigenvalue weighted by Gasteiger charge is -2.12. The highest BCUT2D eigenvalue weighted by Gasteiger charge is 2.20. The van der Waals surface area contributed by atoms with Crippen molar-refractivity contribution in [1.82, 2.24) is 0 Å². The fraction of sp³-hybridized carbons (Fsp3) is 0.556. The minimum absolute atomic E-state index is 0.535. The number of carbonyl (C=O) groups excluding carboxylic acids is 2. The average Bonchev–Trinajstić information content (AvgIpc) is 2.22. The Labute approximate surface area is 82.3 Å². The van der Waals surface area contributed by atoms with Crippen molar-refractivity contribution in [2.45, 2.75) is 13.0 Å². The van der Waals surface area contributed by atoms with Gasteiger partial charge in [0.25, 0.3) is 0 Å². The molecule has 0 rings (SSSR count). The second kappa shape index (κ2) is 6.15. The van der Waals surface area contributed by atoms with E-state index < -0.39 is 24.0 Å². The quantitative estimate of drug-likeness (QED) is 0.508. The Bertz CT molecular complexity index is 233. The predicted molar refractivity (Wildman–Crippen MR) is 48.3 cm³/mol. The molecule has 0 aliphatic heterocycles. The first-order chi connectivity index (χ1) is 6.52. The lowest BCUT2D eigenvalue weighted by Crippen LogP contribution is -2.25. The fourth-order valence-electron chi connectivity index (χ4n) is 0.737. The van der Waals surface area contributed by atoms with Gasteiger partial charge in [-0.15, -0.1) is 0 Å². The van der Waals surface area contributed by atoms with Gasteiger partial charge in [-0.25, -0.2) is 4.79 Å². The molecule has 0 amide bonds. The minimum Gasteiger partial charge on any atom is -0.469 e. The summed E-state index contributed by atoms with van der Waals surface area (Å²) in [6.45, 7) is 1.50. The molecule has 5 nitrogen and oxygen atoms in total. The Morgan fingerprint density at radius 2 is 1.86 bits per heavy atom. The molecule has 0 aromatic carbocycles. The summed E-state index contributed by atoms with van der Waals surface area (Å²) >= 11 is 0. The third-order valence-electron chi connectivity index (χ3n) is 1.72. The number of rotatable bonds is 4. The van der Waals surface area contributed by atoms with Gasteiger partial charge in [0, 0.05) is 6.08 Å². The summed E-state index contributed by atoms with van der Waals surface area (Å²) in [6.07, 6.45) is 1.19. The van der Waals surface area contributed by atoms with E-state index in [9.17, 15) is 14.7 Å². The zero-order chi connectivity index (χ0) is 11.1. The van der Waals surface area contributed by atoms with E-state index in [2.05, 4.69) is 9.47 Å². The fourth-order valence-corrected chi connectivity index (χ4v) is 0.737. The molecule has 5 heteroatoms. The molecule has 0 saturated heterocycles. The zero-order valence-electron chi connectivity index (χ0n) is 8.39. The first-order valence-corrected chi connectivity index (χ1v) is 4.05. The third-order valence-corrected chi connectivity index (χ3v) is 1.72. The monoisotopic (exact) mass is 202 g/mol. The Balaban J connectivity index is 4.20. The summed E-state index contributed by atoms with van der Waals surface area (Å²) in [7, 11) is 2.46. The smallest absolute Gasteiger partial charge is 0.330 e. The molecule has 0 aliphatic carbocycles. The number of hydrogen-bond acceptors (Lipinski definition) is 5. The maximum Gasteiger partial charge on any atom is 0.330 e. The molecule has 0 heterocycles. The number of aliphatic hydroxyl groups excluding tert-OH is 1. The molecule has 0 aromatic rings. The summed E-state index contributed by atoms with van der Waals surface area (Å²) in [5, 5.41) is 9.37. The van der Waals surface area contributed by atoms with Crippen LogP contribution in [0.4, 0.5) is 0 Å². The van der Waals surface area contributed by atoms with Crippen LogP contribution in [0.1, 0.15) is 6.92 Å². The molecule has 80 valence electrons. The van der Waals surface area contributed by atoms with Gasteiger partial charge in [-0.1, -0.05) is 0 Å². The molecule has 0 radical (unpaired) electrons. The van der Waals surface area contributed by atoms with Gasteiger partial charge in [0.1, 0.15) is 0 Å². The van der Waals surface area contributed by atoms with Crippen LogP contribution in [0, 0.1) is 5.92 Å². The zero-order valence-corrected chi connectivity index (χ0v) is 8.39. The van der Waals surface area contributed by atoms with E-state index in [-0.39, 0.29) is 0 Å². The van der Waals surface area contributed by atoms with Gasteiger partial charge in [-0.2, -0.15) is 0 Å². The number of aliphatic hydroxyl groups is 1. The van der Waals surface area contributed by atoms with Crippen LogP contribution in [0.2, 0.25) is 0 Å². The molecule has 1 N–H and O–H groups in total. The number of carbonyl (C=O) groups is 2. The molecule has 0 saturated carbocycles. The Morgan fingerprint density at radius 1 is 1.29 bits per heavy atom. The highest BCUT2D eigenvalue weighted by Crippen LogP contribution is 2.06. The summed E-state index contributed by atoms with van der Waals surface area (Å²) in [5.74, 6) is -1.82. The van der Waals surface area contributed by atoms with Gasteiger partial charge in [0.15, 0.2) is 0 Å². The topological polar surface area (TPSA) is 72.8 Å². The number of esters is 2. The Morgan fingerprint density at radius 3 is 2.29 bits per heavy atom. The molecule has 14 heavy (non-hydrogen) atoms. The van der Waals surface area contributed by atoms with Gasteiger partial charge in [0.05, 0.1) is 26.2 Å². The van der Waals surface area contributed by atoms with Crippen LogP contribution in [-0.4, -0.2) is 37.4 Å². The highest BCUT2D eigenvalue weighted by molar-refractivity contribution is 5.82. The number of ether oxygens (including phenoxy) is 2. The van der Waals surface area contributed by atoms with Crippen LogP contribution in [0.15, 0.2) is 12.2 Å². The van der Waals surface area contributed by atoms with Gasteiger partial charge < -0.3 is 14.6 Å². The van der Waals surface area contributed by atoms with Crippen molar-refractivity contribution in [3.8, 4) is 0 Å². The summed E-state index contributed by atoms with van der Waals surface area (Å²) < 4.78 is 8.73. The van der Waals surface area contributed by atoms with E-state index in [4.69, 9.17) is 0 Å². The van der Waals surface area contributed by atoms with Gasteiger partial charge >= 0.3 is 11.9 Å². The van der Waals surface area contributed by atoms with Crippen molar-refractivity contribution in [2.24, 2.45) is 5.92 Å². The van der Waals surface area contributed by atoms with Crippen LogP contribution in [0.5, 0.6) is 0 Å². The molecule has 2 atom stereocenters. The van der Waals surface area contributed by atoms with E-state index in [1.165, 1.54) is 27.2 Å². The summed E-state index contributed by atoms with van der Waals surface area (Å²) in [6, 6.07) is 0. The van der Waals surface area contributed by atoms with Crippen molar-refractivity contribution in [3.05, 3.63) is 12.2 Å². The van der Waals surface area contributed by atoms with Crippen molar-refractivity contribution in [3.63, 3.8) is 0 Å². The van der Waals surface area contributed by atoms with Crippen molar-refractivity contribution < 1.29 is 24.2 Å². The van der Waals surface area contributed by atoms with E-state index in [0.29, 0.717) is 0 Å². The minimum atomic E-state index is -1.05. The molecule has 0 spiro atoms. The predicted octanol–water partition coefficient (Wildman–Crippen LogP) is -0.114. The molecule has 0 aromatic heterocycles. The maximum absolute atomic E-state index is 10.9. The van der Waals surface area contributed by atoms with E-state index >= 15 is 0 Å². The molecular formula is C9H14O5. The van der Waals surface area contributed by atoms with Crippen LogP contribution in [0.25, 0.3) is 0 Å². The maximum atomic E-state index is 10.9. The van der Waals surface area contributed by atoms with Crippen LogP contribution < -0.4 is 0 Å². The molecular weight excluding hydrogens is 188 g/mol. The van der Waals surface area contributed by atoms with Crippen molar-refractivity contribution >= 4 is 11.9 Å². The van der Waals surface area contributed by atoms with Crippen molar-refractivity contribution in [1.29, 1.82) is 0 Å². The highest BCUT2D eigenvalue weighted by atomic mass is 16.5. The SMILES string of the molecule is COC(=O)/C=C/[C@H](O)[C@H](C)C(=O)OC. The lowest BCUT2D eigenvalue weighted by atomic mass is 10.1. The Kier molecular flexibility index (Phi) is 5.55. The summed E-state index contributed by atoms with van der Waals surface area (Å²) in [5.41, 5.74) is 0. The molecule has 0 fully saturated rings. The number of hydrogen-bond donors (Lipinski definition) is 1. The lowest BCUT2D eigenvalue weighted by molar-refractivity contribution is -0.147. The van der Waals surface area contributed by atoms with Crippen LogP contribution >= 0.6 is 0 Å². The van der Waals surface area contributed by atoms with Crippen molar-refractivity contribution in [2.75, 3.05) is 14.2 Å². The van der Waals surface area contributed by atoms with Gasteiger partial charge in [-0.3, -0.25) is 4.79 Å². The van der Waals surface area contributed by atoms with Gasteiger partial charge in [-0.05, 0) is 13.0 Å². The largest absolute Gasteiger partial charge is 0.469 e. The van der Waals surface area contributed by atoms with Crippen LogP contribution in [-0.2, 0) is 19.1 Å². The summed E-state index contributed by atoms with van der Waals surface area (Å²) in [4.78, 5) is 21.6. The Hall–Kier alpha value is -1.36. The molecule has 0 unspecified atom stereocenters. The van der Waals surface area contributed by atoms with E-state index in [1.54, 1.807) is 0 Å². The van der Waals surface area contributed by atoms with Gasteiger partial charge in [0.2, 0.25) is 0 Å². The molecule has 0 bridgehead atoms. The normalized spacial score (nSPS) is 14.9. The third kappa shape index (κ3) is 4.04. The second-order valence-electron chi connectivity index (χ2n) is 2.68. The first kappa shape index (κ1) is 12.6.